The van der Waals surface area contributed by atoms with Gasteiger partial charge < -0.3 is 15.4 Å². The van der Waals surface area contributed by atoms with Crippen LogP contribution in [0.4, 0.5) is 4.79 Å². The maximum atomic E-state index is 12.1. The van der Waals surface area contributed by atoms with Crippen molar-refractivity contribution in [2.24, 2.45) is 11.7 Å². The maximum absolute atomic E-state index is 12.1. The molecule has 1 saturated heterocycles. The first-order chi connectivity index (χ1) is 7.42. The van der Waals surface area contributed by atoms with Crippen LogP contribution in [0.1, 0.15) is 40.0 Å². The Morgan fingerprint density at radius 1 is 1.41 bits per heavy atom. The van der Waals surface area contributed by atoms with Crippen molar-refractivity contribution in [3.05, 3.63) is 0 Å². The number of piperidine rings is 1. The molecule has 5 heteroatoms. The quantitative estimate of drug-likeness (QED) is 0.788. The molecule has 0 spiro atoms. The predicted molar refractivity (Wildman–Crippen MR) is 69.3 cm³/mol. The molecular formula is C12H23ClN2O2. The minimum absolute atomic E-state index is 0. The van der Waals surface area contributed by atoms with Gasteiger partial charge in [-0.2, -0.15) is 0 Å². The average molecular weight is 263 g/mol. The van der Waals surface area contributed by atoms with E-state index >= 15 is 0 Å². The third-order valence-electron chi connectivity index (χ3n) is 3.59. The normalized spacial score (nSPS) is 31.3. The maximum Gasteiger partial charge on any atom is 0.410 e. The number of hydrogen-bond donors (Lipinski definition) is 1. The molecule has 1 amide bonds. The van der Waals surface area contributed by atoms with Crippen LogP contribution in [0.15, 0.2) is 0 Å². The first kappa shape index (κ1) is 14.6. The number of carbonyl (C=O) groups excluding carboxylic acids is 1. The number of rotatable bonds is 1. The third-order valence-corrected chi connectivity index (χ3v) is 3.59. The van der Waals surface area contributed by atoms with Crippen molar-refractivity contribution in [1.82, 2.24) is 4.90 Å². The van der Waals surface area contributed by atoms with Crippen LogP contribution in [0.3, 0.4) is 0 Å². The first-order valence-electron chi connectivity index (χ1n) is 6.14. The van der Waals surface area contributed by atoms with Crippen LogP contribution in [0.25, 0.3) is 0 Å². The molecule has 100 valence electrons. The SMILES string of the molecule is CC(C)(C)OC(=O)N1C2CCC(C2)[C@H]1CN.Cl. The molecule has 1 aliphatic carbocycles. The average Bonchev–Trinajstić information content (AvgIpc) is 2.72. The highest BCUT2D eigenvalue weighted by Gasteiger charge is 2.48. The van der Waals surface area contributed by atoms with Crippen LogP contribution < -0.4 is 5.73 Å². The Morgan fingerprint density at radius 3 is 2.59 bits per heavy atom. The number of nitrogens with two attached hydrogens (primary N) is 1. The summed E-state index contributed by atoms with van der Waals surface area (Å²) < 4.78 is 5.44. The zero-order chi connectivity index (χ0) is 11.9. The zero-order valence-corrected chi connectivity index (χ0v) is 11.6. The minimum Gasteiger partial charge on any atom is -0.444 e. The molecule has 4 nitrogen and oxygen atoms in total. The van der Waals surface area contributed by atoms with Gasteiger partial charge in [-0.05, 0) is 46.0 Å². The molecule has 3 atom stereocenters. The van der Waals surface area contributed by atoms with E-state index in [4.69, 9.17) is 10.5 Å². The highest BCUT2D eigenvalue weighted by molar-refractivity contribution is 5.85. The second kappa shape index (κ2) is 5.02. The number of halogens is 1. The molecule has 0 aromatic heterocycles. The molecule has 2 rings (SSSR count). The minimum atomic E-state index is -0.419. The molecule has 0 aromatic rings. The van der Waals surface area contributed by atoms with Gasteiger partial charge in [-0.1, -0.05) is 0 Å². The van der Waals surface area contributed by atoms with Gasteiger partial charge in [0.05, 0.1) is 6.04 Å². The van der Waals surface area contributed by atoms with E-state index in [1.807, 2.05) is 25.7 Å². The lowest BCUT2D eigenvalue weighted by molar-refractivity contribution is 0.00857. The van der Waals surface area contributed by atoms with E-state index in [0.717, 1.165) is 12.8 Å². The molecule has 17 heavy (non-hydrogen) atoms. The van der Waals surface area contributed by atoms with Crippen LogP contribution in [0.2, 0.25) is 0 Å². The molecule has 0 aromatic carbocycles. The number of carbonyl (C=O) groups is 1. The molecule has 1 aliphatic heterocycles. The number of ether oxygens (including phenoxy) is 1. The Bertz CT molecular complexity index is 291. The summed E-state index contributed by atoms with van der Waals surface area (Å²) >= 11 is 0. The van der Waals surface area contributed by atoms with Gasteiger partial charge in [0.25, 0.3) is 0 Å². The molecule has 2 N–H and O–H groups in total. The Hall–Kier alpha value is -0.480. The van der Waals surface area contributed by atoms with Crippen molar-refractivity contribution < 1.29 is 9.53 Å². The lowest BCUT2D eigenvalue weighted by Gasteiger charge is -2.35. The lowest BCUT2D eigenvalue weighted by Crippen LogP contribution is -2.50. The molecule has 1 heterocycles. The Balaban J connectivity index is 0.00000144. The molecule has 2 unspecified atom stereocenters. The molecule has 2 bridgehead atoms. The van der Waals surface area contributed by atoms with E-state index in [0.29, 0.717) is 18.5 Å². The Kier molecular flexibility index (Phi) is 4.31. The summed E-state index contributed by atoms with van der Waals surface area (Å²) in [5.41, 5.74) is 5.34. The topological polar surface area (TPSA) is 55.6 Å². The number of amides is 1. The Labute approximate surface area is 109 Å². The van der Waals surface area contributed by atoms with Gasteiger partial charge in [-0.3, -0.25) is 0 Å². The van der Waals surface area contributed by atoms with Crippen LogP contribution in [-0.4, -0.2) is 35.2 Å². The van der Waals surface area contributed by atoms with Crippen molar-refractivity contribution in [3.63, 3.8) is 0 Å². The summed E-state index contributed by atoms with van der Waals surface area (Å²) in [5.74, 6) is 0.600. The zero-order valence-electron chi connectivity index (χ0n) is 10.8. The second-order valence-corrected chi connectivity index (χ2v) is 5.92. The number of hydrogen-bond acceptors (Lipinski definition) is 3. The summed E-state index contributed by atoms with van der Waals surface area (Å²) in [4.78, 5) is 14.0. The highest BCUT2D eigenvalue weighted by Crippen LogP contribution is 2.42. The van der Waals surface area contributed by atoms with Crippen LogP contribution in [-0.2, 0) is 4.74 Å². The smallest absolute Gasteiger partial charge is 0.410 e. The summed E-state index contributed by atoms with van der Waals surface area (Å²) in [6.45, 7) is 6.25. The summed E-state index contributed by atoms with van der Waals surface area (Å²) in [7, 11) is 0. The lowest BCUT2D eigenvalue weighted by atomic mass is 9.99. The predicted octanol–water partition coefficient (Wildman–Crippen LogP) is 2.15. The molecule has 0 radical (unpaired) electrons. The fourth-order valence-electron chi connectivity index (χ4n) is 3.00. The monoisotopic (exact) mass is 262 g/mol. The van der Waals surface area contributed by atoms with Gasteiger partial charge in [0.2, 0.25) is 0 Å². The first-order valence-corrected chi connectivity index (χ1v) is 6.14. The van der Waals surface area contributed by atoms with Crippen LogP contribution in [0.5, 0.6) is 0 Å². The fraction of sp³-hybridized carbons (Fsp3) is 0.917. The largest absolute Gasteiger partial charge is 0.444 e. The van der Waals surface area contributed by atoms with Gasteiger partial charge in [0.1, 0.15) is 5.60 Å². The van der Waals surface area contributed by atoms with Crippen molar-refractivity contribution in [1.29, 1.82) is 0 Å². The standard InChI is InChI=1S/C12H22N2O2.ClH/c1-12(2,3)16-11(15)14-9-5-4-8(6-9)10(14)7-13;/h8-10H,4-7,13H2,1-3H3;1H/t8?,9?,10-;/m1./s1. The Morgan fingerprint density at radius 2 is 2.06 bits per heavy atom. The van der Waals surface area contributed by atoms with Crippen LogP contribution >= 0.6 is 12.4 Å². The van der Waals surface area contributed by atoms with Crippen molar-refractivity contribution in [2.75, 3.05) is 6.54 Å². The fourth-order valence-corrected chi connectivity index (χ4v) is 3.00. The highest BCUT2D eigenvalue weighted by atomic mass is 35.5. The number of likely N-dealkylation sites (tertiary alicyclic amines) is 1. The van der Waals surface area contributed by atoms with Gasteiger partial charge in [0, 0.05) is 12.6 Å². The molecule has 2 fully saturated rings. The van der Waals surface area contributed by atoms with Gasteiger partial charge >= 0.3 is 6.09 Å². The number of nitrogens with zero attached hydrogens (tertiary/aromatic N) is 1. The summed E-state index contributed by atoms with van der Waals surface area (Å²) in [6.07, 6.45) is 3.25. The number of fused-ring (bicyclic) bond motifs is 2. The van der Waals surface area contributed by atoms with Crippen molar-refractivity contribution in [2.45, 2.75) is 57.7 Å². The van der Waals surface area contributed by atoms with E-state index in [1.54, 1.807) is 0 Å². The van der Waals surface area contributed by atoms with E-state index in [1.165, 1.54) is 6.42 Å². The molecular weight excluding hydrogens is 240 g/mol. The van der Waals surface area contributed by atoms with Crippen LogP contribution in [0, 0.1) is 5.92 Å². The third kappa shape index (κ3) is 2.86. The van der Waals surface area contributed by atoms with E-state index in [-0.39, 0.29) is 24.5 Å². The second-order valence-electron chi connectivity index (χ2n) is 5.92. The van der Waals surface area contributed by atoms with Crippen molar-refractivity contribution >= 4 is 18.5 Å². The summed E-state index contributed by atoms with van der Waals surface area (Å²) in [6, 6.07) is 0.571. The molecule has 1 saturated carbocycles. The van der Waals surface area contributed by atoms with E-state index in [2.05, 4.69) is 0 Å². The summed E-state index contributed by atoms with van der Waals surface area (Å²) in [5, 5.41) is 0. The van der Waals surface area contributed by atoms with Crippen molar-refractivity contribution in [3.8, 4) is 0 Å². The van der Waals surface area contributed by atoms with Gasteiger partial charge in [-0.15, -0.1) is 12.4 Å². The van der Waals surface area contributed by atoms with E-state index < -0.39 is 5.60 Å². The van der Waals surface area contributed by atoms with E-state index in [9.17, 15) is 4.79 Å². The molecule has 2 aliphatic rings. The van der Waals surface area contributed by atoms with Gasteiger partial charge in [-0.25, -0.2) is 4.79 Å². The van der Waals surface area contributed by atoms with Gasteiger partial charge in [0.15, 0.2) is 0 Å².